The molecule has 10 heteroatoms. The average molecular weight is 433 g/mol. The highest BCUT2D eigenvalue weighted by Gasteiger charge is 2.38. The number of carbonyl (C=O) groups is 2. The van der Waals surface area contributed by atoms with Gasteiger partial charge in [-0.2, -0.15) is 5.10 Å². The van der Waals surface area contributed by atoms with Crippen molar-refractivity contribution < 1.29 is 19.1 Å². The summed E-state index contributed by atoms with van der Waals surface area (Å²) in [6.07, 6.45) is 2.26. The quantitative estimate of drug-likeness (QED) is 0.689. The summed E-state index contributed by atoms with van der Waals surface area (Å²) in [6.45, 7) is 5.25. The maximum absolute atomic E-state index is 13.2. The van der Waals surface area contributed by atoms with Crippen molar-refractivity contribution in [2.75, 3.05) is 38.7 Å². The standard InChI is InChI=1S/C19H23FN6O3.C2H6/c1-21-18(28)24-8-6-19(29,7-9-24)11-25-12-22-16-15(17(25)27)10-23-26(16)14-4-2-13(20)3-5-14;1-2/h2-5,10,22,29H,6-9,11-12H2,1H3,(H,21,28);1-2H3. The number of carbonyl (C=O) groups excluding carboxylic acids is 2. The number of amides is 3. The molecule has 3 N–H and O–H groups in total. The minimum atomic E-state index is -1.05. The number of likely N-dealkylation sites (tertiary alicyclic amines) is 1. The molecule has 3 heterocycles. The topological polar surface area (TPSA) is 103 Å². The largest absolute Gasteiger partial charge is 0.388 e. The van der Waals surface area contributed by atoms with Crippen LogP contribution < -0.4 is 10.6 Å². The first kappa shape index (κ1) is 22.5. The van der Waals surface area contributed by atoms with E-state index in [1.54, 1.807) is 33.7 Å². The Hall–Kier alpha value is -3.14. The van der Waals surface area contributed by atoms with Crippen molar-refractivity contribution in [1.29, 1.82) is 0 Å². The molecule has 2 aliphatic heterocycles. The van der Waals surface area contributed by atoms with Crippen LogP contribution >= 0.6 is 0 Å². The van der Waals surface area contributed by atoms with E-state index in [1.165, 1.54) is 18.3 Å². The minimum Gasteiger partial charge on any atom is -0.388 e. The molecule has 0 spiro atoms. The molecule has 0 bridgehead atoms. The van der Waals surface area contributed by atoms with Gasteiger partial charge < -0.3 is 25.5 Å². The van der Waals surface area contributed by atoms with Crippen LogP contribution in [0.3, 0.4) is 0 Å². The second kappa shape index (κ2) is 9.34. The van der Waals surface area contributed by atoms with Gasteiger partial charge in [0.1, 0.15) is 17.2 Å². The van der Waals surface area contributed by atoms with Gasteiger partial charge in [0.25, 0.3) is 5.91 Å². The fraction of sp³-hybridized carbons (Fsp3) is 0.476. The van der Waals surface area contributed by atoms with E-state index in [1.807, 2.05) is 13.8 Å². The molecule has 9 nitrogen and oxygen atoms in total. The lowest BCUT2D eigenvalue weighted by atomic mass is 9.90. The first-order valence-corrected chi connectivity index (χ1v) is 10.5. The number of nitrogens with zero attached hydrogens (tertiary/aromatic N) is 4. The predicted octanol–water partition coefficient (Wildman–Crippen LogP) is 2.03. The van der Waals surface area contributed by atoms with Crippen LogP contribution in [0, 0.1) is 5.82 Å². The van der Waals surface area contributed by atoms with Crippen molar-refractivity contribution in [3.63, 3.8) is 0 Å². The lowest BCUT2D eigenvalue weighted by Gasteiger charge is -2.41. The van der Waals surface area contributed by atoms with Crippen LogP contribution in [0.15, 0.2) is 30.5 Å². The highest BCUT2D eigenvalue weighted by Crippen LogP contribution is 2.29. The molecule has 3 amide bonds. The van der Waals surface area contributed by atoms with Crippen LogP contribution in [0.25, 0.3) is 5.69 Å². The maximum atomic E-state index is 13.2. The number of halogens is 1. The molecule has 1 aromatic carbocycles. The van der Waals surface area contributed by atoms with Gasteiger partial charge in [0.15, 0.2) is 0 Å². The van der Waals surface area contributed by atoms with Gasteiger partial charge in [-0.25, -0.2) is 13.9 Å². The van der Waals surface area contributed by atoms with Gasteiger partial charge in [-0.15, -0.1) is 0 Å². The second-order valence-corrected chi connectivity index (χ2v) is 7.40. The number of β-amino-alcohol motifs (C(OH)–C–C–N with tert-alkyl or cyclic N) is 1. The number of nitrogens with one attached hydrogen (secondary N) is 2. The normalized spacial score (nSPS) is 17.3. The fourth-order valence-electron chi connectivity index (χ4n) is 3.79. The molecule has 1 aromatic heterocycles. The number of benzene rings is 1. The number of rotatable bonds is 3. The van der Waals surface area contributed by atoms with Crippen molar-refractivity contribution in [1.82, 2.24) is 24.9 Å². The molecule has 4 rings (SSSR count). The molecule has 2 aliphatic rings. The van der Waals surface area contributed by atoms with E-state index in [-0.39, 0.29) is 31.0 Å². The summed E-state index contributed by atoms with van der Waals surface area (Å²) in [6, 6.07) is 5.68. The van der Waals surface area contributed by atoms with Gasteiger partial charge in [-0.3, -0.25) is 4.79 Å². The van der Waals surface area contributed by atoms with Crippen LogP contribution in [-0.2, 0) is 0 Å². The third-order valence-electron chi connectivity index (χ3n) is 5.48. The summed E-state index contributed by atoms with van der Waals surface area (Å²) < 4.78 is 14.7. The van der Waals surface area contributed by atoms with E-state index < -0.39 is 5.60 Å². The highest BCUT2D eigenvalue weighted by molar-refractivity contribution is 6.00. The molecular formula is C21H29FN6O3. The molecule has 168 valence electrons. The van der Waals surface area contributed by atoms with E-state index in [2.05, 4.69) is 15.7 Å². The minimum absolute atomic E-state index is 0.166. The number of piperidine rings is 1. The van der Waals surface area contributed by atoms with E-state index in [0.717, 1.165) is 0 Å². The summed E-state index contributed by atoms with van der Waals surface area (Å²) in [4.78, 5) is 27.9. The number of fused-ring (bicyclic) bond motifs is 1. The van der Waals surface area contributed by atoms with Crippen LogP contribution in [0.5, 0.6) is 0 Å². The molecule has 1 fully saturated rings. The Kier molecular flexibility index (Phi) is 6.79. The van der Waals surface area contributed by atoms with Gasteiger partial charge in [-0.1, -0.05) is 13.8 Å². The lowest BCUT2D eigenvalue weighted by Crippen LogP contribution is -2.55. The Labute approximate surface area is 180 Å². The number of aliphatic hydroxyl groups is 1. The van der Waals surface area contributed by atoms with Gasteiger partial charge in [0.05, 0.1) is 30.7 Å². The van der Waals surface area contributed by atoms with Gasteiger partial charge in [0, 0.05) is 20.1 Å². The van der Waals surface area contributed by atoms with Crippen molar-refractivity contribution in [3.05, 3.63) is 41.8 Å². The van der Waals surface area contributed by atoms with Crippen molar-refractivity contribution in [2.45, 2.75) is 32.3 Å². The average Bonchev–Trinajstić information content (AvgIpc) is 3.22. The third-order valence-corrected chi connectivity index (χ3v) is 5.48. The summed E-state index contributed by atoms with van der Waals surface area (Å²) in [5, 5.41) is 20.9. The Morgan fingerprint density at radius 2 is 1.90 bits per heavy atom. The van der Waals surface area contributed by atoms with E-state index in [4.69, 9.17) is 0 Å². The van der Waals surface area contributed by atoms with E-state index in [0.29, 0.717) is 43.0 Å². The summed E-state index contributed by atoms with van der Waals surface area (Å²) in [7, 11) is 1.57. The van der Waals surface area contributed by atoms with Gasteiger partial charge >= 0.3 is 6.03 Å². The molecule has 0 aliphatic carbocycles. The Balaban J connectivity index is 0.00000132. The lowest BCUT2D eigenvalue weighted by molar-refractivity contribution is -0.0331. The molecule has 0 atom stereocenters. The monoisotopic (exact) mass is 432 g/mol. The number of aromatic nitrogens is 2. The first-order chi connectivity index (χ1) is 14.9. The van der Waals surface area contributed by atoms with Crippen LogP contribution in [-0.4, -0.2) is 75.6 Å². The molecule has 0 radical (unpaired) electrons. The Bertz CT molecular complexity index is 922. The zero-order chi connectivity index (χ0) is 22.6. The first-order valence-electron chi connectivity index (χ1n) is 10.5. The third kappa shape index (κ3) is 4.63. The fourth-order valence-corrected chi connectivity index (χ4v) is 3.79. The van der Waals surface area contributed by atoms with Gasteiger partial charge in [0.2, 0.25) is 0 Å². The van der Waals surface area contributed by atoms with Gasteiger partial charge in [-0.05, 0) is 37.1 Å². The van der Waals surface area contributed by atoms with Crippen molar-refractivity contribution in [3.8, 4) is 5.69 Å². The SMILES string of the molecule is CC.CNC(=O)N1CCC(O)(CN2CNc3c(cnn3-c3ccc(F)cc3)C2=O)CC1. The predicted molar refractivity (Wildman–Crippen MR) is 115 cm³/mol. The maximum Gasteiger partial charge on any atom is 0.317 e. The Morgan fingerprint density at radius 3 is 2.52 bits per heavy atom. The van der Waals surface area contributed by atoms with E-state index in [9.17, 15) is 19.1 Å². The molecular weight excluding hydrogens is 403 g/mol. The molecule has 0 unspecified atom stereocenters. The zero-order valence-corrected chi connectivity index (χ0v) is 18.1. The van der Waals surface area contributed by atoms with Crippen LogP contribution in [0.4, 0.5) is 15.0 Å². The number of anilines is 1. The molecule has 0 saturated carbocycles. The zero-order valence-electron chi connectivity index (χ0n) is 18.1. The summed E-state index contributed by atoms with van der Waals surface area (Å²) in [5.41, 5.74) is -0.0136. The molecule has 1 saturated heterocycles. The van der Waals surface area contributed by atoms with Crippen LogP contribution in [0.1, 0.15) is 37.0 Å². The highest BCUT2D eigenvalue weighted by atomic mass is 19.1. The second-order valence-electron chi connectivity index (χ2n) is 7.40. The number of hydrogen-bond acceptors (Lipinski definition) is 5. The van der Waals surface area contributed by atoms with Crippen molar-refractivity contribution in [2.24, 2.45) is 0 Å². The van der Waals surface area contributed by atoms with Crippen LogP contribution in [0.2, 0.25) is 0 Å². The molecule has 31 heavy (non-hydrogen) atoms. The summed E-state index contributed by atoms with van der Waals surface area (Å²) >= 11 is 0. The number of hydrogen-bond donors (Lipinski definition) is 3. The smallest absolute Gasteiger partial charge is 0.317 e. The number of urea groups is 1. The summed E-state index contributed by atoms with van der Waals surface area (Å²) in [5.74, 6) is -0.0331. The molecule has 2 aromatic rings. The van der Waals surface area contributed by atoms with E-state index >= 15 is 0 Å². The Morgan fingerprint density at radius 1 is 1.26 bits per heavy atom. The van der Waals surface area contributed by atoms with Crippen molar-refractivity contribution >= 4 is 17.8 Å².